The van der Waals surface area contributed by atoms with Gasteiger partial charge in [0.15, 0.2) is 11.6 Å². The second kappa shape index (κ2) is 13.0. The predicted octanol–water partition coefficient (Wildman–Crippen LogP) is 6.18. The summed E-state index contributed by atoms with van der Waals surface area (Å²) >= 11 is 0. The lowest BCUT2D eigenvalue weighted by Gasteiger charge is -2.17. The Morgan fingerprint density at radius 2 is 1.76 bits per heavy atom. The zero-order valence-electron chi connectivity index (χ0n) is 21.8. The highest BCUT2D eigenvalue weighted by atomic mass is 19.4. The summed E-state index contributed by atoms with van der Waals surface area (Å²) in [6, 6.07) is 7.55. The van der Waals surface area contributed by atoms with Crippen LogP contribution in [-0.4, -0.2) is 53.8 Å². The average molecular weight is 580 g/mol. The van der Waals surface area contributed by atoms with Crippen molar-refractivity contribution in [3.63, 3.8) is 0 Å². The molecule has 0 aliphatic rings. The predicted molar refractivity (Wildman–Crippen MR) is 139 cm³/mol. The minimum absolute atomic E-state index is 0.110. The van der Waals surface area contributed by atoms with Crippen molar-refractivity contribution < 1.29 is 46.1 Å². The Hall–Kier alpha value is -4.10. The average Bonchev–Trinajstić information content (AvgIpc) is 2.92. The number of benzene rings is 2. The first-order valence-corrected chi connectivity index (χ1v) is 12.6. The third-order valence-electron chi connectivity index (χ3n) is 6.18. The minimum atomic E-state index is -5.20. The van der Waals surface area contributed by atoms with Crippen molar-refractivity contribution in [2.45, 2.75) is 32.2 Å². The monoisotopic (exact) mass is 579 g/mol. The number of aromatic carboxylic acids is 1. The van der Waals surface area contributed by atoms with E-state index in [0.29, 0.717) is 37.4 Å². The summed E-state index contributed by atoms with van der Waals surface area (Å²) in [5, 5.41) is 14.6. The van der Waals surface area contributed by atoms with Crippen LogP contribution in [0.25, 0.3) is 21.7 Å². The molecule has 0 spiro atoms. The number of halogens is 5. The van der Waals surface area contributed by atoms with E-state index in [2.05, 4.69) is 20.0 Å². The second-order valence-electron chi connectivity index (χ2n) is 9.08. The van der Waals surface area contributed by atoms with Crippen molar-refractivity contribution in [2.24, 2.45) is 0 Å². The molecule has 0 fully saturated rings. The summed E-state index contributed by atoms with van der Waals surface area (Å²) in [6.45, 7) is 3.01. The van der Waals surface area contributed by atoms with Crippen molar-refractivity contribution in [2.75, 3.05) is 26.4 Å². The fraction of sp³-hybridized carbons (Fsp3) is 0.321. The quantitative estimate of drug-likeness (QED) is 0.110. The minimum Gasteiger partial charge on any atom is -0.478 e. The van der Waals surface area contributed by atoms with Crippen LogP contribution in [0.2, 0.25) is 0 Å². The second-order valence-corrected chi connectivity index (χ2v) is 9.08. The maximum Gasteiger partial charge on any atom is 0.573 e. The van der Waals surface area contributed by atoms with Crippen molar-refractivity contribution >= 4 is 27.6 Å². The number of unbranched alkanes of at least 4 members (excludes halogenated alkanes) is 1. The molecule has 0 bridgehead atoms. The van der Waals surface area contributed by atoms with Crippen LogP contribution >= 0.6 is 0 Å². The topological polar surface area (TPSA) is 103 Å². The standard InChI is InChI=1S/C28H26F5N3O5/c1-16(18-12-22(29)25(23(30)13-18)41-28(31,32)33)35-7-2-3-9-39-10-11-40-26-20-6-8-34-15-21(20)19-5-4-17(27(37)38)14-24(19)36-26/h4-6,8,12-16,35H,2-3,7,9-11H2,1H3,(H,37,38). The van der Waals surface area contributed by atoms with Gasteiger partial charge in [-0.15, -0.1) is 13.2 Å². The maximum absolute atomic E-state index is 13.9. The molecule has 1 atom stereocenters. The molecular weight excluding hydrogens is 553 g/mol. The Kier molecular flexibility index (Phi) is 9.50. The van der Waals surface area contributed by atoms with E-state index in [1.54, 1.807) is 31.5 Å². The van der Waals surface area contributed by atoms with Gasteiger partial charge in [-0.1, -0.05) is 6.07 Å². The fourth-order valence-electron chi connectivity index (χ4n) is 4.17. The van der Waals surface area contributed by atoms with E-state index in [1.807, 2.05) is 0 Å². The van der Waals surface area contributed by atoms with Crippen LogP contribution in [0.15, 0.2) is 48.8 Å². The zero-order valence-corrected chi connectivity index (χ0v) is 21.8. The normalized spacial score (nSPS) is 12.5. The lowest BCUT2D eigenvalue weighted by Crippen LogP contribution is -2.22. The molecule has 1 unspecified atom stereocenters. The van der Waals surface area contributed by atoms with Gasteiger partial charge < -0.3 is 24.6 Å². The SMILES string of the molecule is CC(NCCCCOCCOc1nc2cc(C(=O)O)ccc2c2cnccc12)c1cc(F)c(OC(F)(F)F)c(F)c1. The molecule has 4 rings (SSSR count). The van der Waals surface area contributed by atoms with Gasteiger partial charge in [0, 0.05) is 41.2 Å². The molecule has 0 saturated carbocycles. The Morgan fingerprint density at radius 1 is 1.00 bits per heavy atom. The summed E-state index contributed by atoms with van der Waals surface area (Å²) in [5.41, 5.74) is 0.728. The summed E-state index contributed by atoms with van der Waals surface area (Å²) < 4.78 is 79.7. The van der Waals surface area contributed by atoms with Gasteiger partial charge in [-0.2, -0.15) is 0 Å². The van der Waals surface area contributed by atoms with Crippen molar-refractivity contribution in [3.05, 3.63) is 71.6 Å². The third kappa shape index (κ3) is 7.76. The fourth-order valence-corrected chi connectivity index (χ4v) is 4.17. The van der Waals surface area contributed by atoms with E-state index in [0.717, 1.165) is 28.3 Å². The molecule has 0 radical (unpaired) electrons. The summed E-state index contributed by atoms with van der Waals surface area (Å²) in [4.78, 5) is 20.0. The lowest BCUT2D eigenvalue weighted by atomic mass is 10.1. The van der Waals surface area contributed by atoms with E-state index in [9.17, 15) is 31.9 Å². The molecule has 218 valence electrons. The number of alkyl halides is 3. The van der Waals surface area contributed by atoms with Gasteiger partial charge in [-0.3, -0.25) is 4.98 Å². The maximum atomic E-state index is 13.9. The summed E-state index contributed by atoms with van der Waals surface area (Å²) in [5.74, 6) is -5.07. The molecule has 2 aromatic heterocycles. The number of nitrogens with zero attached hydrogens (tertiary/aromatic N) is 2. The number of hydrogen-bond acceptors (Lipinski definition) is 7. The van der Waals surface area contributed by atoms with Crippen LogP contribution in [0.3, 0.4) is 0 Å². The molecule has 0 aliphatic carbocycles. The Bertz CT molecular complexity index is 1510. The highest BCUT2D eigenvalue weighted by Crippen LogP contribution is 2.32. The van der Waals surface area contributed by atoms with Gasteiger partial charge in [0.05, 0.1) is 17.7 Å². The number of aromatic nitrogens is 2. The largest absolute Gasteiger partial charge is 0.573 e. The van der Waals surface area contributed by atoms with Gasteiger partial charge in [0.25, 0.3) is 0 Å². The van der Waals surface area contributed by atoms with Crippen molar-refractivity contribution in [1.82, 2.24) is 15.3 Å². The molecule has 2 heterocycles. The van der Waals surface area contributed by atoms with Gasteiger partial charge in [-0.05, 0) is 62.2 Å². The van der Waals surface area contributed by atoms with Crippen LogP contribution in [0, 0.1) is 11.6 Å². The van der Waals surface area contributed by atoms with E-state index in [-0.39, 0.29) is 24.3 Å². The molecule has 4 aromatic rings. The molecule has 0 amide bonds. The smallest absolute Gasteiger partial charge is 0.478 e. The molecule has 8 nitrogen and oxygen atoms in total. The van der Waals surface area contributed by atoms with Crippen LogP contribution in [0.4, 0.5) is 22.0 Å². The Balaban J connectivity index is 1.20. The van der Waals surface area contributed by atoms with Gasteiger partial charge in [0.2, 0.25) is 11.6 Å². The molecule has 0 aliphatic heterocycles. The highest BCUT2D eigenvalue weighted by molar-refractivity contribution is 6.08. The first-order valence-electron chi connectivity index (χ1n) is 12.6. The van der Waals surface area contributed by atoms with E-state index >= 15 is 0 Å². The highest BCUT2D eigenvalue weighted by Gasteiger charge is 2.34. The number of ether oxygens (including phenoxy) is 3. The number of hydrogen-bond donors (Lipinski definition) is 2. The molecule has 2 N–H and O–H groups in total. The van der Waals surface area contributed by atoms with Crippen molar-refractivity contribution in [1.29, 1.82) is 0 Å². The number of carboxylic acid groups (broad SMARTS) is 1. The first kappa shape index (κ1) is 29.9. The first-order chi connectivity index (χ1) is 19.5. The molecule has 0 saturated heterocycles. The Labute approximate surface area is 231 Å². The van der Waals surface area contributed by atoms with E-state index in [4.69, 9.17) is 9.47 Å². The lowest BCUT2D eigenvalue weighted by molar-refractivity contribution is -0.276. The van der Waals surface area contributed by atoms with Crippen LogP contribution in [0.5, 0.6) is 11.6 Å². The van der Waals surface area contributed by atoms with Crippen LogP contribution < -0.4 is 14.8 Å². The number of carboxylic acids is 1. The van der Waals surface area contributed by atoms with Gasteiger partial charge in [-0.25, -0.2) is 18.6 Å². The Morgan fingerprint density at radius 3 is 2.46 bits per heavy atom. The number of rotatable bonds is 13. The number of pyridine rings is 2. The van der Waals surface area contributed by atoms with Crippen molar-refractivity contribution in [3.8, 4) is 11.6 Å². The zero-order chi connectivity index (χ0) is 29.6. The summed E-state index contributed by atoms with van der Waals surface area (Å²) in [7, 11) is 0. The van der Waals surface area contributed by atoms with E-state index in [1.165, 1.54) is 12.1 Å². The molecular formula is C28H26F5N3O5. The third-order valence-corrected chi connectivity index (χ3v) is 6.18. The number of nitrogens with one attached hydrogen (secondary N) is 1. The summed E-state index contributed by atoms with van der Waals surface area (Å²) in [6.07, 6.45) is -0.579. The molecule has 13 heteroatoms. The molecule has 2 aromatic carbocycles. The van der Waals surface area contributed by atoms with Crippen LogP contribution in [-0.2, 0) is 4.74 Å². The molecule has 41 heavy (non-hydrogen) atoms. The van der Waals surface area contributed by atoms with Crippen LogP contribution in [0.1, 0.15) is 41.7 Å². The number of fused-ring (bicyclic) bond motifs is 3. The number of carbonyl (C=O) groups is 1. The van der Waals surface area contributed by atoms with E-state index < -0.39 is 35.8 Å². The van der Waals surface area contributed by atoms with Gasteiger partial charge >= 0.3 is 12.3 Å². The van der Waals surface area contributed by atoms with Gasteiger partial charge in [0.1, 0.15) is 6.61 Å².